The summed E-state index contributed by atoms with van der Waals surface area (Å²) in [4.78, 5) is 11.2. The van der Waals surface area contributed by atoms with Crippen molar-refractivity contribution >= 4 is 53.5 Å². The molecule has 8 heteroatoms. The molecule has 0 radical (unpaired) electrons. The fourth-order valence-corrected chi connectivity index (χ4v) is 3.66. The van der Waals surface area contributed by atoms with E-state index in [-0.39, 0.29) is 16.1 Å². The lowest BCUT2D eigenvalue weighted by molar-refractivity contribution is 0.0698. The average Bonchev–Trinajstić information content (AvgIpc) is 2.40. The number of anilines is 1. The number of carboxylic acids is 1. The molecule has 0 atom stereocenters. The van der Waals surface area contributed by atoms with Gasteiger partial charge in [-0.1, -0.05) is 37.9 Å². The summed E-state index contributed by atoms with van der Waals surface area (Å²) in [5, 5.41) is 9.14. The maximum atomic E-state index is 12.3. The zero-order chi connectivity index (χ0) is 15.6. The lowest BCUT2D eigenvalue weighted by Crippen LogP contribution is -2.15. The molecule has 0 saturated carbocycles. The van der Waals surface area contributed by atoms with Crippen molar-refractivity contribution < 1.29 is 18.3 Å². The Labute approximate surface area is 138 Å². The number of sulfonamides is 1. The summed E-state index contributed by atoms with van der Waals surface area (Å²) in [6.07, 6.45) is 0. The van der Waals surface area contributed by atoms with Gasteiger partial charge in [0.1, 0.15) is 0 Å². The van der Waals surface area contributed by atoms with Crippen LogP contribution in [0.2, 0.25) is 0 Å². The molecule has 0 fully saturated rings. The van der Waals surface area contributed by atoms with Crippen molar-refractivity contribution in [2.45, 2.75) is 4.90 Å². The van der Waals surface area contributed by atoms with Crippen LogP contribution in [0.1, 0.15) is 10.4 Å². The normalized spacial score (nSPS) is 11.1. The van der Waals surface area contributed by atoms with Crippen LogP contribution in [-0.2, 0) is 10.0 Å². The van der Waals surface area contributed by atoms with Gasteiger partial charge in [-0.2, -0.15) is 0 Å². The first-order valence-corrected chi connectivity index (χ1v) is 8.68. The summed E-state index contributed by atoms with van der Waals surface area (Å²) in [7, 11) is -3.86. The van der Waals surface area contributed by atoms with Crippen molar-refractivity contribution in [3.8, 4) is 0 Å². The van der Waals surface area contributed by atoms with E-state index in [0.29, 0.717) is 8.95 Å². The summed E-state index contributed by atoms with van der Waals surface area (Å²) in [5.74, 6) is -1.22. The highest BCUT2D eigenvalue weighted by molar-refractivity contribution is 9.10. The third-order valence-corrected chi connectivity index (χ3v) is 4.91. The van der Waals surface area contributed by atoms with Gasteiger partial charge in [0.2, 0.25) is 0 Å². The Morgan fingerprint density at radius 3 is 2.33 bits per heavy atom. The maximum absolute atomic E-state index is 12.3. The molecule has 0 aliphatic carbocycles. The number of carboxylic acid groups (broad SMARTS) is 1. The topological polar surface area (TPSA) is 83.5 Å². The van der Waals surface area contributed by atoms with Crippen molar-refractivity contribution in [3.63, 3.8) is 0 Å². The smallest absolute Gasteiger partial charge is 0.337 e. The van der Waals surface area contributed by atoms with Crippen LogP contribution in [0, 0.1) is 0 Å². The van der Waals surface area contributed by atoms with Crippen LogP contribution in [0.3, 0.4) is 0 Å². The van der Waals surface area contributed by atoms with Gasteiger partial charge in [0.15, 0.2) is 0 Å². The predicted molar refractivity (Wildman–Crippen MR) is 86.1 cm³/mol. The third kappa shape index (κ3) is 3.84. The van der Waals surface area contributed by atoms with Crippen LogP contribution in [0.4, 0.5) is 5.69 Å². The summed E-state index contributed by atoms with van der Waals surface area (Å²) >= 11 is 6.35. The van der Waals surface area contributed by atoms with Crippen molar-refractivity contribution in [1.82, 2.24) is 0 Å². The van der Waals surface area contributed by atoms with Crippen LogP contribution in [0.25, 0.3) is 0 Å². The molecule has 2 rings (SSSR count). The molecule has 2 N–H and O–H groups in total. The molecule has 0 aromatic heterocycles. The number of rotatable bonds is 4. The monoisotopic (exact) mass is 433 g/mol. The second-order valence-electron chi connectivity index (χ2n) is 4.06. The van der Waals surface area contributed by atoms with E-state index in [1.165, 1.54) is 24.3 Å². The Kier molecular flexibility index (Phi) is 4.70. The van der Waals surface area contributed by atoms with Crippen LogP contribution < -0.4 is 4.72 Å². The molecule has 0 aliphatic heterocycles. The Bertz CT molecular complexity index is 806. The van der Waals surface area contributed by atoms with Crippen molar-refractivity contribution in [3.05, 3.63) is 57.0 Å². The highest BCUT2D eigenvalue weighted by Crippen LogP contribution is 2.25. The maximum Gasteiger partial charge on any atom is 0.337 e. The Morgan fingerprint density at radius 1 is 1.05 bits per heavy atom. The minimum absolute atomic E-state index is 0.00526. The minimum atomic E-state index is -3.86. The van der Waals surface area contributed by atoms with Crippen molar-refractivity contribution in [2.75, 3.05) is 4.72 Å². The van der Waals surface area contributed by atoms with E-state index in [4.69, 9.17) is 5.11 Å². The average molecular weight is 435 g/mol. The fourth-order valence-electron chi connectivity index (χ4n) is 1.62. The number of hydrogen-bond acceptors (Lipinski definition) is 3. The fraction of sp³-hybridized carbons (Fsp3) is 0. The number of benzene rings is 2. The molecule has 5 nitrogen and oxygen atoms in total. The van der Waals surface area contributed by atoms with Gasteiger partial charge in [-0.15, -0.1) is 0 Å². The molecule has 2 aromatic carbocycles. The van der Waals surface area contributed by atoms with Gasteiger partial charge in [-0.3, -0.25) is 4.72 Å². The van der Waals surface area contributed by atoms with E-state index < -0.39 is 16.0 Å². The number of carbonyl (C=O) groups is 1. The Balaban J connectivity index is 2.44. The minimum Gasteiger partial charge on any atom is -0.478 e. The van der Waals surface area contributed by atoms with E-state index >= 15 is 0 Å². The van der Waals surface area contributed by atoms with Crippen molar-refractivity contribution in [2.24, 2.45) is 0 Å². The first-order chi connectivity index (χ1) is 9.79. The quantitative estimate of drug-likeness (QED) is 0.768. The molecule has 110 valence electrons. The van der Waals surface area contributed by atoms with Crippen LogP contribution in [-0.4, -0.2) is 19.5 Å². The lowest BCUT2D eigenvalue weighted by atomic mass is 10.2. The molecule has 0 saturated heterocycles. The molecule has 21 heavy (non-hydrogen) atoms. The van der Waals surface area contributed by atoms with E-state index in [0.717, 1.165) is 0 Å². The van der Waals surface area contributed by atoms with E-state index in [1.807, 2.05) is 0 Å². The predicted octanol–water partition coefficient (Wildman–Crippen LogP) is 3.71. The van der Waals surface area contributed by atoms with E-state index in [1.54, 1.807) is 18.2 Å². The SMILES string of the molecule is O=C(O)c1cc(Br)ccc1NS(=O)(=O)c1cccc(Br)c1. The summed E-state index contributed by atoms with van der Waals surface area (Å²) in [6, 6.07) is 10.4. The highest BCUT2D eigenvalue weighted by atomic mass is 79.9. The second-order valence-corrected chi connectivity index (χ2v) is 7.57. The molecule has 0 heterocycles. The molecule has 0 bridgehead atoms. The summed E-state index contributed by atoms with van der Waals surface area (Å²) < 4.78 is 28.0. The lowest BCUT2D eigenvalue weighted by Gasteiger charge is -2.11. The number of hydrogen-bond donors (Lipinski definition) is 2. The Morgan fingerprint density at radius 2 is 1.71 bits per heavy atom. The Hall–Kier alpha value is -1.38. The molecule has 2 aromatic rings. The first-order valence-electron chi connectivity index (χ1n) is 5.61. The summed E-state index contributed by atoms with van der Waals surface area (Å²) in [6.45, 7) is 0. The largest absolute Gasteiger partial charge is 0.478 e. The second kappa shape index (κ2) is 6.17. The van der Waals surface area contributed by atoms with Gasteiger partial charge >= 0.3 is 5.97 Å². The van der Waals surface area contributed by atoms with Gasteiger partial charge in [0.05, 0.1) is 16.1 Å². The molecule has 0 unspecified atom stereocenters. The van der Waals surface area contributed by atoms with E-state index in [9.17, 15) is 13.2 Å². The van der Waals surface area contributed by atoms with Crippen LogP contribution in [0.5, 0.6) is 0 Å². The zero-order valence-corrected chi connectivity index (χ0v) is 14.4. The van der Waals surface area contributed by atoms with Crippen LogP contribution >= 0.6 is 31.9 Å². The van der Waals surface area contributed by atoms with Gasteiger partial charge in [-0.25, -0.2) is 13.2 Å². The van der Waals surface area contributed by atoms with E-state index in [2.05, 4.69) is 36.6 Å². The highest BCUT2D eigenvalue weighted by Gasteiger charge is 2.19. The van der Waals surface area contributed by atoms with Gasteiger partial charge in [0, 0.05) is 8.95 Å². The summed E-state index contributed by atoms with van der Waals surface area (Å²) in [5.41, 5.74) is -0.131. The first kappa shape index (κ1) is 16.0. The number of nitrogens with one attached hydrogen (secondary N) is 1. The molecular weight excluding hydrogens is 426 g/mol. The van der Waals surface area contributed by atoms with Crippen molar-refractivity contribution in [1.29, 1.82) is 0 Å². The molecular formula is C13H9Br2NO4S. The standard InChI is InChI=1S/C13H9Br2NO4S/c14-8-2-1-3-10(6-8)21(19,20)16-12-5-4-9(15)7-11(12)13(17)18/h1-7,16H,(H,17,18). The van der Waals surface area contributed by atoms with Gasteiger partial charge in [-0.05, 0) is 36.4 Å². The molecule has 0 amide bonds. The number of halogens is 2. The third-order valence-electron chi connectivity index (χ3n) is 2.56. The number of aromatic carboxylic acids is 1. The van der Waals surface area contributed by atoms with Crippen LogP contribution in [0.15, 0.2) is 56.3 Å². The molecule has 0 spiro atoms. The van der Waals surface area contributed by atoms with Gasteiger partial charge < -0.3 is 5.11 Å². The van der Waals surface area contributed by atoms with Gasteiger partial charge in [0.25, 0.3) is 10.0 Å². The zero-order valence-electron chi connectivity index (χ0n) is 10.4. The molecule has 0 aliphatic rings.